The molecule has 0 aliphatic carbocycles. The molecule has 2 aromatic rings. The number of amides is 1. The third-order valence-electron chi connectivity index (χ3n) is 3.19. The monoisotopic (exact) mass is 339 g/mol. The topological polar surface area (TPSA) is 88.8 Å². The van der Waals surface area contributed by atoms with Crippen molar-refractivity contribution in [1.82, 2.24) is 5.32 Å². The molecule has 6 nitrogen and oxygen atoms in total. The quantitative estimate of drug-likeness (QED) is 0.809. The lowest BCUT2D eigenvalue weighted by atomic mass is 10.2. The fraction of sp³-hybridized carbons (Fsp3) is 0.250. The smallest absolute Gasteiger partial charge is 0.387 e. The van der Waals surface area contributed by atoms with Crippen molar-refractivity contribution in [2.24, 2.45) is 0 Å². The van der Waals surface area contributed by atoms with E-state index in [0.29, 0.717) is 12.0 Å². The van der Waals surface area contributed by atoms with Crippen LogP contribution in [0.3, 0.4) is 0 Å². The summed E-state index contributed by atoms with van der Waals surface area (Å²) in [6.07, 6.45) is 0.348. The number of rotatable bonds is 7. The molecule has 1 heterocycles. The van der Waals surface area contributed by atoms with Gasteiger partial charge in [-0.15, -0.1) is 0 Å². The van der Waals surface area contributed by atoms with Crippen LogP contribution in [0.5, 0.6) is 5.75 Å². The lowest BCUT2D eigenvalue weighted by molar-refractivity contribution is -0.0498. The minimum Gasteiger partial charge on any atom is -0.478 e. The van der Waals surface area contributed by atoms with Crippen LogP contribution in [0.15, 0.2) is 34.7 Å². The van der Waals surface area contributed by atoms with Crippen molar-refractivity contribution in [1.29, 1.82) is 0 Å². The van der Waals surface area contributed by atoms with E-state index < -0.39 is 18.5 Å². The van der Waals surface area contributed by atoms with Crippen LogP contribution in [0.4, 0.5) is 8.78 Å². The van der Waals surface area contributed by atoms with Crippen LogP contribution in [0.25, 0.3) is 0 Å². The number of alkyl halides is 2. The van der Waals surface area contributed by atoms with Gasteiger partial charge in [0, 0.05) is 19.0 Å². The Morgan fingerprint density at radius 2 is 1.96 bits per heavy atom. The van der Waals surface area contributed by atoms with Gasteiger partial charge < -0.3 is 19.6 Å². The van der Waals surface area contributed by atoms with Gasteiger partial charge in [-0.3, -0.25) is 4.79 Å². The van der Waals surface area contributed by atoms with Gasteiger partial charge in [0.05, 0.1) is 0 Å². The summed E-state index contributed by atoms with van der Waals surface area (Å²) in [6.45, 7) is -1.06. The number of halogens is 2. The highest BCUT2D eigenvalue weighted by atomic mass is 19.3. The van der Waals surface area contributed by atoms with Crippen LogP contribution in [-0.2, 0) is 13.0 Å². The number of nitrogens with one attached hydrogen (secondary N) is 1. The predicted octanol–water partition coefficient (Wildman–Crippen LogP) is 3.07. The van der Waals surface area contributed by atoms with Crippen molar-refractivity contribution in [2.45, 2.75) is 26.5 Å². The highest BCUT2D eigenvalue weighted by molar-refractivity contribution is 5.96. The predicted molar refractivity (Wildman–Crippen MR) is 79.3 cm³/mol. The molecule has 0 bridgehead atoms. The van der Waals surface area contributed by atoms with Crippen LogP contribution < -0.4 is 10.1 Å². The third kappa shape index (κ3) is 4.31. The second-order valence-corrected chi connectivity index (χ2v) is 4.81. The van der Waals surface area contributed by atoms with E-state index in [0.717, 1.165) is 0 Å². The summed E-state index contributed by atoms with van der Waals surface area (Å²) in [5.74, 6) is -1.58. The van der Waals surface area contributed by atoms with E-state index in [1.54, 1.807) is 6.92 Å². The number of hydrogen-bond donors (Lipinski definition) is 2. The Bertz CT molecular complexity index is 725. The van der Waals surface area contributed by atoms with E-state index in [1.165, 1.54) is 30.3 Å². The van der Waals surface area contributed by atoms with E-state index in [4.69, 9.17) is 9.52 Å². The number of hydrogen-bond acceptors (Lipinski definition) is 4. The fourth-order valence-electron chi connectivity index (χ4n) is 2.04. The van der Waals surface area contributed by atoms with E-state index in [-0.39, 0.29) is 29.4 Å². The van der Waals surface area contributed by atoms with Crippen LogP contribution in [0.2, 0.25) is 0 Å². The summed E-state index contributed by atoms with van der Waals surface area (Å²) in [7, 11) is 0. The number of ether oxygens (including phenoxy) is 1. The van der Waals surface area contributed by atoms with Crippen molar-refractivity contribution in [3.63, 3.8) is 0 Å². The maximum Gasteiger partial charge on any atom is 0.387 e. The van der Waals surface area contributed by atoms with E-state index in [9.17, 15) is 18.4 Å². The number of carbonyl (C=O) groups is 2. The van der Waals surface area contributed by atoms with E-state index >= 15 is 0 Å². The summed E-state index contributed by atoms with van der Waals surface area (Å²) in [5, 5.41) is 11.6. The molecule has 0 fully saturated rings. The fourth-order valence-corrected chi connectivity index (χ4v) is 2.04. The van der Waals surface area contributed by atoms with Crippen LogP contribution in [0, 0.1) is 0 Å². The first-order valence-corrected chi connectivity index (χ1v) is 7.08. The molecule has 0 saturated heterocycles. The molecule has 8 heteroatoms. The number of aryl methyl sites for hydroxylation is 1. The molecular weight excluding hydrogens is 324 g/mol. The molecule has 24 heavy (non-hydrogen) atoms. The third-order valence-corrected chi connectivity index (χ3v) is 3.19. The standard InChI is InChI=1S/C16H15F2NO5/c1-2-12-11(15(21)22)7-13(24-12)14(20)19-8-9-3-5-10(6-4-9)23-16(17)18/h3-7,16H,2,8H2,1H3,(H,19,20)(H,21,22). The van der Waals surface area contributed by atoms with E-state index in [2.05, 4.69) is 10.1 Å². The number of benzene rings is 1. The van der Waals surface area contributed by atoms with Gasteiger partial charge in [0.1, 0.15) is 17.1 Å². The summed E-state index contributed by atoms with van der Waals surface area (Å²) in [5.41, 5.74) is 0.613. The first-order valence-electron chi connectivity index (χ1n) is 7.08. The Morgan fingerprint density at radius 3 is 2.46 bits per heavy atom. The van der Waals surface area contributed by atoms with Gasteiger partial charge in [0.2, 0.25) is 0 Å². The zero-order valence-electron chi connectivity index (χ0n) is 12.7. The Balaban J connectivity index is 1.99. The summed E-state index contributed by atoms with van der Waals surface area (Å²) in [6, 6.07) is 6.95. The van der Waals surface area contributed by atoms with Crippen molar-refractivity contribution >= 4 is 11.9 Å². The largest absolute Gasteiger partial charge is 0.478 e. The number of furan rings is 1. The number of carboxylic acids is 1. The second kappa shape index (κ2) is 7.58. The summed E-state index contributed by atoms with van der Waals surface area (Å²) < 4.78 is 33.6. The van der Waals surface area contributed by atoms with Crippen LogP contribution in [-0.4, -0.2) is 23.6 Å². The van der Waals surface area contributed by atoms with Crippen LogP contribution in [0.1, 0.15) is 39.2 Å². The van der Waals surface area contributed by atoms with Gasteiger partial charge >= 0.3 is 12.6 Å². The number of carboxylic acid groups (broad SMARTS) is 1. The number of aromatic carboxylic acids is 1. The SMILES string of the molecule is CCc1oc(C(=O)NCc2ccc(OC(F)F)cc2)cc1C(=O)O. The van der Waals surface area contributed by atoms with Gasteiger partial charge in [0.25, 0.3) is 5.91 Å². The van der Waals surface area contributed by atoms with Crippen molar-refractivity contribution < 1.29 is 32.6 Å². The normalized spacial score (nSPS) is 10.7. The Hall–Kier alpha value is -2.90. The minimum atomic E-state index is -2.90. The molecule has 0 spiro atoms. The van der Waals surface area contributed by atoms with Gasteiger partial charge in [0.15, 0.2) is 5.76 Å². The Labute approximate surface area is 136 Å². The first kappa shape index (κ1) is 17.5. The molecule has 1 aromatic carbocycles. The van der Waals surface area contributed by atoms with Crippen LogP contribution >= 0.6 is 0 Å². The van der Waals surface area contributed by atoms with Gasteiger partial charge in [-0.25, -0.2) is 4.79 Å². The van der Waals surface area contributed by atoms with Crippen molar-refractivity contribution in [3.05, 3.63) is 53.0 Å². The lowest BCUT2D eigenvalue weighted by Crippen LogP contribution is -2.22. The molecule has 128 valence electrons. The Kier molecular flexibility index (Phi) is 5.51. The molecule has 0 aliphatic rings. The van der Waals surface area contributed by atoms with Crippen molar-refractivity contribution in [3.8, 4) is 5.75 Å². The molecular formula is C16H15F2NO5. The van der Waals surface area contributed by atoms with Crippen molar-refractivity contribution in [2.75, 3.05) is 0 Å². The Morgan fingerprint density at radius 1 is 1.29 bits per heavy atom. The van der Waals surface area contributed by atoms with Gasteiger partial charge in [-0.2, -0.15) is 8.78 Å². The highest BCUT2D eigenvalue weighted by Crippen LogP contribution is 2.17. The maximum absolute atomic E-state index is 12.1. The average molecular weight is 339 g/mol. The first-order chi connectivity index (χ1) is 11.4. The molecule has 1 amide bonds. The lowest BCUT2D eigenvalue weighted by Gasteiger charge is -2.06. The van der Waals surface area contributed by atoms with E-state index in [1.807, 2.05) is 0 Å². The van der Waals surface area contributed by atoms with Gasteiger partial charge in [-0.1, -0.05) is 19.1 Å². The molecule has 0 aliphatic heterocycles. The molecule has 1 aromatic heterocycles. The average Bonchev–Trinajstić information content (AvgIpc) is 2.98. The molecule has 2 rings (SSSR count). The van der Waals surface area contributed by atoms with Gasteiger partial charge in [-0.05, 0) is 17.7 Å². The zero-order valence-corrected chi connectivity index (χ0v) is 12.7. The molecule has 0 atom stereocenters. The molecule has 0 unspecified atom stereocenters. The summed E-state index contributed by atoms with van der Waals surface area (Å²) in [4.78, 5) is 23.1. The molecule has 2 N–H and O–H groups in total. The highest BCUT2D eigenvalue weighted by Gasteiger charge is 2.19. The second-order valence-electron chi connectivity index (χ2n) is 4.81. The zero-order chi connectivity index (χ0) is 17.7. The molecule has 0 radical (unpaired) electrons. The maximum atomic E-state index is 12.1. The number of carbonyl (C=O) groups excluding carboxylic acids is 1. The summed E-state index contributed by atoms with van der Waals surface area (Å²) >= 11 is 0. The minimum absolute atomic E-state index is 0.0183. The molecule has 0 saturated carbocycles.